The zero-order chi connectivity index (χ0) is 20.5. The fraction of sp³-hybridized carbons (Fsp3) is 0.208. The van der Waals surface area contributed by atoms with E-state index in [0.717, 1.165) is 28.8 Å². The molecule has 0 bridgehead atoms. The van der Waals surface area contributed by atoms with Crippen LogP contribution in [0.1, 0.15) is 44.6 Å². The summed E-state index contributed by atoms with van der Waals surface area (Å²) in [6.07, 6.45) is 0.814. The highest BCUT2D eigenvalue weighted by Crippen LogP contribution is 2.32. The van der Waals surface area contributed by atoms with Gasteiger partial charge in [0.15, 0.2) is 0 Å². The van der Waals surface area contributed by atoms with Crippen molar-refractivity contribution in [2.45, 2.75) is 33.2 Å². The van der Waals surface area contributed by atoms with E-state index in [1.54, 1.807) is 23.1 Å². The quantitative estimate of drug-likeness (QED) is 0.720. The van der Waals surface area contributed by atoms with Crippen molar-refractivity contribution < 1.29 is 9.59 Å². The summed E-state index contributed by atoms with van der Waals surface area (Å²) in [4.78, 5) is 32.0. The Bertz CT molecular complexity index is 1090. The average Bonchev–Trinajstić information content (AvgIpc) is 3.02. The molecule has 1 aromatic heterocycles. The van der Waals surface area contributed by atoms with Gasteiger partial charge in [0.05, 0.1) is 0 Å². The van der Waals surface area contributed by atoms with Crippen molar-refractivity contribution in [3.63, 3.8) is 0 Å². The van der Waals surface area contributed by atoms with Crippen LogP contribution in [0, 0.1) is 13.8 Å². The summed E-state index contributed by atoms with van der Waals surface area (Å²) in [5, 5.41) is 2.87. The third kappa shape index (κ3) is 3.76. The fourth-order valence-corrected chi connectivity index (χ4v) is 3.92. The molecule has 1 N–H and O–H groups in total. The predicted molar refractivity (Wildman–Crippen MR) is 115 cm³/mol. The van der Waals surface area contributed by atoms with Gasteiger partial charge < -0.3 is 10.2 Å². The fourth-order valence-electron chi connectivity index (χ4n) is 3.92. The molecule has 1 aliphatic rings. The number of hydrogen-bond donors (Lipinski definition) is 1. The minimum Gasteiger partial charge on any atom is -0.321 e. The largest absolute Gasteiger partial charge is 0.321 e. The number of hydrogen-bond acceptors (Lipinski definition) is 3. The summed E-state index contributed by atoms with van der Waals surface area (Å²) >= 11 is 0. The Morgan fingerprint density at radius 3 is 2.41 bits per heavy atom. The van der Waals surface area contributed by atoms with Crippen LogP contribution in [0.4, 0.5) is 11.4 Å². The van der Waals surface area contributed by atoms with Crippen molar-refractivity contribution in [1.82, 2.24) is 4.98 Å². The Morgan fingerprint density at radius 2 is 1.66 bits per heavy atom. The average molecular weight is 385 g/mol. The Labute approximate surface area is 170 Å². The summed E-state index contributed by atoms with van der Waals surface area (Å²) in [6.45, 7) is 5.99. The second-order valence-electron chi connectivity index (χ2n) is 7.60. The Kier molecular flexibility index (Phi) is 4.89. The van der Waals surface area contributed by atoms with E-state index in [1.807, 2.05) is 63.2 Å². The van der Waals surface area contributed by atoms with Crippen molar-refractivity contribution >= 4 is 23.2 Å². The summed E-state index contributed by atoms with van der Waals surface area (Å²) < 4.78 is 0. The minimum atomic E-state index is -0.334. The van der Waals surface area contributed by atoms with Crippen LogP contribution in [0.25, 0.3) is 0 Å². The lowest BCUT2D eigenvalue weighted by molar-refractivity contribution is 0.0976. The molecule has 0 saturated heterocycles. The first-order valence-electron chi connectivity index (χ1n) is 9.70. The number of carbonyl (C=O) groups is 2. The number of anilines is 2. The maximum absolute atomic E-state index is 13.2. The SMILES string of the molecule is Cc1cc(C)cc(NC(=O)c2cccc(C(=O)N3c4ccccc4CC3C)n2)c1. The summed E-state index contributed by atoms with van der Waals surface area (Å²) in [5.41, 5.74) is 5.40. The second kappa shape index (κ2) is 7.51. The number of amides is 2. The molecule has 0 saturated carbocycles. The van der Waals surface area contributed by atoms with Crippen molar-refractivity contribution in [2.75, 3.05) is 10.2 Å². The van der Waals surface area contributed by atoms with E-state index in [9.17, 15) is 9.59 Å². The number of nitrogens with one attached hydrogen (secondary N) is 1. The summed E-state index contributed by atoms with van der Waals surface area (Å²) in [6, 6.07) is 18.8. The van der Waals surface area contributed by atoms with Gasteiger partial charge in [-0.1, -0.05) is 30.3 Å². The molecule has 5 heteroatoms. The van der Waals surface area contributed by atoms with Gasteiger partial charge in [0.1, 0.15) is 11.4 Å². The highest BCUT2D eigenvalue weighted by Gasteiger charge is 2.32. The van der Waals surface area contributed by atoms with E-state index < -0.39 is 0 Å². The van der Waals surface area contributed by atoms with E-state index in [1.165, 1.54) is 0 Å². The lowest BCUT2D eigenvalue weighted by Gasteiger charge is -2.22. The molecule has 0 spiro atoms. The highest BCUT2D eigenvalue weighted by molar-refractivity contribution is 6.08. The van der Waals surface area contributed by atoms with Crippen LogP contribution < -0.4 is 10.2 Å². The van der Waals surface area contributed by atoms with Crippen LogP contribution in [0.5, 0.6) is 0 Å². The van der Waals surface area contributed by atoms with Crippen LogP contribution >= 0.6 is 0 Å². The third-order valence-corrected chi connectivity index (χ3v) is 5.11. The van der Waals surface area contributed by atoms with Crippen LogP contribution in [0.2, 0.25) is 0 Å². The van der Waals surface area contributed by atoms with Gasteiger partial charge in [-0.25, -0.2) is 4.98 Å². The van der Waals surface area contributed by atoms with Crippen LogP contribution in [-0.4, -0.2) is 22.8 Å². The number of nitrogens with zero attached hydrogens (tertiary/aromatic N) is 2. The molecule has 0 radical (unpaired) electrons. The Morgan fingerprint density at radius 1 is 0.966 bits per heavy atom. The molecule has 146 valence electrons. The Balaban J connectivity index is 1.59. The number of rotatable bonds is 3. The molecule has 5 nitrogen and oxygen atoms in total. The molecule has 3 aromatic rings. The zero-order valence-corrected chi connectivity index (χ0v) is 16.8. The van der Waals surface area contributed by atoms with Crippen LogP contribution in [-0.2, 0) is 6.42 Å². The third-order valence-electron chi connectivity index (χ3n) is 5.11. The van der Waals surface area contributed by atoms with Gasteiger partial charge in [0.25, 0.3) is 11.8 Å². The molecular formula is C24H23N3O2. The number of pyridine rings is 1. The molecule has 1 atom stereocenters. The lowest BCUT2D eigenvalue weighted by atomic mass is 10.1. The lowest BCUT2D eigenvalue weighted by Crippen LogP contribution is -2.36. The number of fused-ring (bicyclic) bond motifs is 1. The van der Waals surface area contributed by atoms with Gasteiger partial charge in [-0.15, -0.1) is 0 Å². The van der Waals surface area contributed by atoms with Gasteiger partial charge in [0.2, 0.25) is 0 Å². The van der Waals surface area contributed by atoms with E-state index in [-0.39, 0.29) is 29.2 Å². The van der Waals surface area contributed by atoms with Gasteiger partial charge in [-0.3, -0.25) is 9.59 Å². The second-order valence-corrected chi connectivity index (χ2v) is 7.60. The maximum atomic E-state index is 13.2. The molecule has 1 unspecified atom stereocenters. The summed E-state index contributed by atoms with van der Waals surface area (Å²) in [5.74, 6) is -0.525. The zero-order valence-electron chi connectivity index (χ0n) is 16.8. The standard InChI is InChI=1S/C24H23N3O2/c1-15-11-16(2)13-19(12-15)25-23(28)20-8-6-9-21(26-20)24(29)27-17(3)14-18-7-4-5-10-22(18)27/h4-13,17H,14H2,1-3H3,(H,25,28). The topological polar surface area (TPSA) is 62.3 Å². The normalized spacial score (nSPS) is 15.1. The molecule has 4 rings (SSSR count). The number of para-hydroxylation sites is 1. The first-order chi connectivity index (χ1) is 13.9. The maximum Gasteiger partial charge on any atom is 0.277 e. The van der Waals surface area contributed by atoms with Gasteiger partial charge >= 0.3 is 0 Å². The molecule has 2 amide bonds. The Hall–Kier alpha value is -3.47. The van der Waals surface area contributed by atoms with Crippen molar-refractivity contribution in [2.24, 2.45) is 0 Å². The van der Waals surface area contributed by atoms with E-state index in [0.29, 0.717) is 5.69 Å². The van der Waals surface area contributed by atoms with Crippen molar-refractivity contribution in [3.8, 4) is 0 Å². The first-order valence-corrected chi connectivity index (χ1v) is 9.70. The molecule has 0 fully saturated rings. The van der Waals surface area contributed by atoms with Crippen LogP contribution in [0.15, 0.2) is 60.7 Å². The number of aromatic nitrogens is 1. The highest BCUT2D eigenvalue weighted by atomic mass is 16.2. The smallest absolute Gasteiger partial charge is 0.277 e. The molecule has 29 heavy (non-hydrogen) atoms. The first kappa shape index (κ1) is 18.9. The van der Waals surface area contributed by atoms with Gasteiger partial charge in [-0.2, -0.15) is 0 Å². The van der Waals surface area contributed by atoms with Gasteiger partial charge in [-0.05, 0) is 74.2 Å². The van der Waals surface area contributed by atoms with E-state index in [2.05, 4.69) is 10.3 Å². The number of carbonyl (C=O) groups excluding carboxylic acids is 2. The number of benzene rings is 2. The molecule has 2 heterocycles. The molecule has 0 aliphatic carbocycles. The molecule has 1 aliphatic heterocycles. The molecule has 2 aromatic carbocycles. The van der Waals surface area contributed by atoms with Crippen molar-refractivity contribution in [1.29, 1.82) is 0 Å². The number of aryl methyl sites for hydroxylation is 2. The van der Waals surface area contributed by atoms with Crippen LogP contribution in [0.3, 0.4) is 0 Å². The monoisotopic (exact) mass is 385 g/mol. The predicted octanol–water partition coefficient (Wildman–Crippen LogP) is 4.54. The summed E-state index contributed by atoms with van der Waals surface area (Å²) in [7, 11) is 0. The van der Waals surface area contributed by atoms with E-state index in [4.69, 9.17) is 0 Å². The van der Waals surface area contributed by atoms with E-state index >= 15 is 0 Å². The van der Waals surface area contributed by atoms with Gasteiger partial charge in [0, 0.05) is 17.4 Å². The van der Waals surface area contributed by atoms with Crippen molar-refractivity contribution in [3.05, 3.63) is 88.7 Å². The molecular weight excluding hydrogens is 362 g/mol. The minimum absolute atomic E-state index is 0.0504.